The lowest BCUT2D eigenvalue weighted by Crippen LogP contribution is -2.39. The van der Waals surface area contributed by atoms with Gasteiger partial charge in [0.05, 0.1) is 12.3 Å². The van der Waals surface area contributed by atoms with Crippen LogP contribution < -0.4 is 16.1 Å². The highest BCUT2D eigenvalue weighted by atomic mass is 16.3. The van der Waals surface area contributed by atoms with E-state index in [1.54, 1.807) is 23.6 Å². The van der Waals surface area contributed by atoms with E-state index in [2.05, 4.69) is 10.6 Å². The van der Waals surface area contributed by atoms with Crippen LogP contribution in [0, 0.1) is 0 Å². The Morgan fingerprint density at radius 1 is 1.11 bits per heavy atom. The van der Waals surface area contributed by atoms with Crippen molar-refractivity contribution in [3.63, 3.8) is 0 Å². The van der Waals surface area contributed by atoms with Gasteiger partial charge in [0.15, 0.2) is 0 Å². The first-order valence-electron chi connectivity index (χ1n) is 9.77. The molecule has 0 spiro atoms. The van der Waals surface area contributed by atoms with Gasteiger partial charge in [-0.3, -0.25) is 14.4 Å². The fraction of sp³-hybridized carbons (Fsp3) is 0.476. The minimum atomic E-state index is -0.559. The minimum absolute atomic E-state index is 0.00102. The average molecular weight is 385 g/mol. The van der Waals surface area contributed by atoms with Crippen LogP contribution in [0.4, 0.5) is 0 Å². The Balaban J connectivity index is 1.89. The molecular weight excluding hydrogens is 358 g/mol. The van der Waals surface area contributed by atoms with E-state index in [1.807, 2.05) is 13.8 Å². The smallest absolute Gasteiger partial charge is 0.257 e. The molecule has 2 amide bonds. The summed E-state index contributed by atoms with van der Waals surface area (Å²) in [6.45, 7) is 5.63. The molecule has 1 fully saturated rings. The topological polar surface area (TPSA) is 93.3 Å². The van der Waals surface area contributed by atoms with Crippen LogP contribution in [-0.4, -0.2) is 22.4 Å². The van der Waals surface area contributed by atoms with E-state index in [4.69, 9.17) is 4.42 Å². The van der Waals surface area contributed by atoms with Crippen LogP contribution in [0.2, 0.25) is 0 Å². The molecule has 2 aromatic heterocycles. The minimum Gasteiger partial charge on any atom is -0.467 e. The van der Waals surface area contributed by atoms with Gasteiger partial charge in [-0.15, -0.1) is 0 Å². The molecule has 7 nitrogen and oxygen atoms in total. The molecule has 1 aliphatic rings. The standard InChI is InChI=1S/C21H27N3O4/c1-13(2)24-11-16(20(26)22-14(3)18-9-6-10-28-18)19(25)17(12-24)21(27)23-15-7-4-5-8-15/h6,9-15H,4-5,7-8H2,1-3H3,(H,22,26)(H,23,27)/t14-/m0/s1. The third-order valence-corrected chi connectivity index (χ3v) is 5.14. The van der Waals surface area contributed by atoms with Crippen molar-refractivity contribution in [1.82, 2.24) is 15.2 Å². The lowest BCUT2D eigenvalue weighted by molar-refractivity contribution is 0.0933. The zero-order valence-corrected chi connectivity index (χ0v) is 16.5. The van der Waals surface area contributed by atoms with E-state index in [1.165, 1.54) is 18.7 Å². The van der Waals surface area contributed by atoms with Crippen molar-refractivity contribution in [1.29, 1.82) is 0 Å². The van der Waals surface area contributed by atoms with Gasteiger partial charge in [-0.1, -0.05) is 12.8 Å². The number of carbonyl (C=O) groups is 2. The van der Waals surface area contributed by atoms with Crippen LogP contribution >= 0.6 is 0 Å². The molecule has 2 aromatic rings. The van der Waals surface area contributed by atoms with E-state index < -0.39 is 23.3 Å². The van der Waals surface area contributed by atoms with Crippen LogP contribution in [0.25, 0.3) is 0 Å². The van der Waals surface area contributed by atoms with Gasteiger partial charge in [0.2, 0.25) is 5.43 Å². The third-order valence-electron chi connectivity index (χ3n) is 5.14. The summed E-state index contributed by atoms with van der Waals surface area (Å²) in [7, 11) is 0. The summed E-state index contributed by atoms with van der Waals surface area (Å²) in [5, 5.41) is 5.70. The lowest BCUT2D eigenvalue weighted by atomic mass is 10.1. The number of furan rings is 1. The molecule has 1 aliphatic carbocycles. The van der Waals surface area contributed by atoms with E-state index in [0.717, 1.165) is 25.7 Å². The van der Waals surface area contributed by atoms with Crippen molar-refractivity contribution < 1.29 is 14.0 Å². The normalized spacial score (nSPS) is 15.6. The van der Waals surface area contributed by atoms with Gasteiger partial charge in [-0.2, -0.15) is 0 Å². The van der Waals surface area contributed by atoms with Crippen molar-refractivity contribution in [2.45, 2.75) is 64.6 Å². The third kappa shape index (κ3) is 4.35. The molecule has 0 unspecified atom stereocenters. The highest BCUT2D eigenvalue weighted by Gasteiger charge is 2.24. The number of hydrogen-bond acceptors (Lipinski definition) is 4. The predicted molar refractivity (Wildman–Crippen MR) is 105 cm³/mol. The summed E-state index contributed by atoms with van der Waals surface area (Å²) in [6.07, 6.45) is 8.56. The Hall–Kier alpha value is -2.83. The van der Waals surface area contributed by atoms with Crippen molar-refractivity contribution in [3.8, 4) is 0 Å². The van der Waals surface area contributed by atoms with E-state index in [0.29, 0.717) is 5.76 Å². The van der Waals surface area contributed by atoms with Crippen molar-refractivity contribution in [2.75, 3.05) is 0 Å². The second-order valence-corrected chi connectivity index (χ2v) is 7.62. The van der Waals surface area contributed by atoms with E-state index in [9.17, 15) is 14.4 Å². The zero-order chi connectivity index (χ0) is 20.3. The second-order valence-electron chi connectivity index (χ2n) is 7.62. The maximum Gasteiger partial charge on any atom is 0.257 e. The Kier molecular flexibility index (Phi) is 6.02. The highest BCUT2D eigenvalue weighted by molar-refractivity contribution is 5.99. The predicted octanol–water partition coefficient (Wildman–Crippen LogP) is 3.19. The van der Waals surface area contributed by atoms with Crippen LogP contribution in [0.5, 0.6) is 0 Å². The maximum atomic E-state index is 12.9. The van der Waals surface area contributed by atoms with Crippen LogP contribution in [-0.2, 0) is 0 Å². The first-order valence-corrected chi connectivity index (χ1v) is 9.77. The molecule has 0 aromatic carbocycles. The Morgan fingerprint density at radius 3 is 2.32 bits per heavy atom. The average Bonchev–Trinajstić information content (AvgIpc) is 3.35. The molecule has 0 radical (unpaired) electrons. The second kappa shape index (κ2) is 8.46. The molecule has 28 heavy (non-hydrogen) atoms. The van der Waals surface area contributed by atoms with Gasteiger partial charge in [0.1, 0.15) is 16.9 Å². The molecule has 0 saturated heterocycles. The van der Waals surface area contributed by atoms with Crippen LogP contribution in [0.1, 0.15) is 85.0 Å². The lowest BCUT2D eigenvalue weighted by Gasteiger charge is -2.17. The van der Waals surface area contributed by atoms with Gasteiger partial charge in [0, 0.05) is 24.5 Å². The Bertz CT molecular complexity index is 893. The van der Waals surface area contributed by atoms with Crippen LogP contribution in [0.15, 0.2) is 40.0 Å². The van der Waals surface area contributed by atoms with Gasteiger partial charge in [0.25, 0.3) is 11.8 Å². The molecule has 2 N–H and O–H groups in total. The molecule has 1 atom stereocenters. The summed E-state index contributed by atoms with van der Waals surface area (Å²) >= 11 is 0. The van der Waals surface area contributed by atoms with E-state index >= 15 is 0 Å². The van der Waals surface area contributed by atoms with Crippen molar-refractivity contribution in [2.24, 2.45) is 0 Å². The van der Waals surface area contributed by atoms with Gasteiger partial charge in [-0.25, -0.2) is 0 Å². The van der Waals surface area contributed by atoms with Crippen LogP contribution in [0.3, 0.4) is 0 Å². The SMILES string of the molecule is CC(C)n1cc(C(=O)NC2CCCC2)c(=O)c(C(=O)N[C@@H](C)c2ccco2)c1. The number of nitrogens with zero attached hydrogens (tertiary/aromatic N) is 1. The molecule has 0 bridgehead atoms. The van der Waals surface area contributed by atoms with Gasteiger partial charge >= 0.3 is 0 Å². The van der Waals surface area contributed by atoms with Crippen molar-refractivity contribution >= 4 is 11.8 Å². The fourth-order valence-electron chi connectivity index (χ4n) is 3.44. The van der Waals surface area contributed by atoms with Gasteiger partial charge in [-0.05, 0) is 45.7 Å². The number of carbonyl (C=O) groups excluding carboxylic acids is 2. The summed E-state index contributed by atoms with van der Waals surface area (Å²) in [5.74, 6) is -0.355. The molecule has 3 rings (SSSR count). The largest absolute Gasteiger partial charge is 0.467 e. The number of hydrogen-bond donors (Lipinski definition) is 2. The molecule has 7 heteroatoms. The first-order chi connectivity index (χ1) is 13.4. The number of pyridine rings is 1. The number of amides is 2. The Morgan fingerprint density at radius 2 is 1.75 bits per heavy atom. The fourth-order valence-corrected chi connectivity index (χ4v) is 3.44. The number of nitrogens with one attached hydrogen (secondary N) is 2. The monoisotopic (exact) mass is 385 g/mol. The number of rotatable bonds is 6. The highest BCUT2D eigenvalue weighted by Crippen LogP contribution is 2.18. The summed E-state index contributed by atoms with van der Waals surface area (Å²) in [4.78, 5) is 38.4. The Labute approximate surface area is 164 Å². The molecule has 2 heterocycles. The summed E-state index contributed by atoms with van der Waals surface area (Å²) in [5.41, 5.74) is -0.610. The first kappa shape index (κ1) is 19.9. The van der Waals surface area contributed by atoms with E-state index in [-0.39, 0.29) is 23.2 Å². The van der Waals surface area contributed by atoms with Crippen molar-refractivity contribution in [3.05, 3.63) is 57.9 Å². The molecule has 1 saturated carbocycles. The maximum absolute atomic E-state index is 12.9. The summed E-state index contributed by atoms with van der Waals surface area (Å²) in [6, 6.07) is 3.18. The molecule has 150 valence electrons. The molecular formula is C21H27N3O4. The summed E-state index contributed by atoms with van der Waals surface area (Å²) < 4.78 is 7.02. The van der Waals surface area contributed by atoms with Gasteiger partial charge < -0.3 is 19.6 Å². The number of aromatic nitrogens is 1. The zero-order valence-electron chi connectivity index (χ0n) is 16.5. The molecule has 0 aliphatic heterocycles. The quantitative estimate of drug-likeness (QED) is 0.799.